The Hall–Kier alpha value is -2.32. The van der Waals surface area contributed by atoms with Gasteiger partial charge in [0.15, 0.2) is 5.78 Å². The molecule has 6 aliphatic carbocycles. The van der Waals surface area contributed by atoms with Crippen LogP contribution in [0.2, 0.25) is 0 Å². The summed E-state index contributed by atoms with van der Waals surface area (Å²) in [5.41, 5.74) is -0.626. The molecule has 286 valence electrons. The van der Waals surface area contributed by atoms with Gasteiger partial charge in [0.2, 0.25) is 11.8 Å². The van der Waals surface area contributed by atoms with Gasteiger partial charge in [-0.1, -0.05) is 48.5 Å². The van der Waals surface area contributed by atoms with E-state index in [1.54, 1.807) is 13.8 Å². The Kier molecular flexibility index (Phi) is 9.31. The van der Waals surface area contributed by atoms with Gasteiger partial charge in [-0.3, -0.25) is 19.2 Å². The first-order chi connectivity index (χ1) is 23.5. The molecule has 0 spiro atoms. The van der Waals surface area contributed by atoms with E-state index in [2.05, 4.69) is 53.8 Å². The zero-order valence-electron chi connectivity index (χ0n) is 32.6. The van der Waals surface area contributed by atoms with Crippen molar-refractivity contribution in [1.82, 2.24) is 5.32 Å². The molecule has 0 aromatic rings. The van der Waals surface area contributed by atoms with Crippen molar-refractivity contribution in [3.63, 3.8) is 0 Å². The second kappa shape index (κ2) is 12.4. The fourth-order valence-electron chi connectivity index (χ4n) is 13.2. The van der Waals surface area contributed by atoms with Gasteiger partial charge in [-0.15, -0.1) is 0 Å². The molecule has 0 aromatic heterocycles. The minimum Gasteiger partial charge on any atom is -0.481 e. The third-order valence-electron chi connectivity index (χ3n) is 16.3. The van der Waals surface area contributed by atoms with Crippen LogP contribution in [0.4, 0.5) is 8.78 Å². The molecule has 5 saturated carbocycles. The number of ketones is 1. The second-order valence-corrected chi connectivity index (χ2v) is 20.1. The molecule has 0 aromatic carbocycles. The van der Waals surface area contributed by atoms with Gasteiger partial charge in [-0.2, -0.15) is 0 Å². The highest BCUT2D eigenvalue weighted by Gasteiger charge is 2.71. The predicted octanol–water partition coefficient (Wildman–Crippen LogP) is 9.07. The van der Waals surface area contributed by atoms with Crippen LogP contribution in [0.1, 0.15) is 152 Å². The molecule has 6 aliphatic rings. The molecule has 6 rings (SSSR count). The van der Waals surface area contributed by atoms with Gasteiger partial charge in [-0.05, 0) is 129 Å². The van der Waals surface area contributed by atoms with Crippen molar-refractivity contribution < 1.29 is 37.8 Å². The summed E-state index contributed by atoms with van der Waals surface area (Å²) in [6.45, 7) is 19.1. The molecule has 0 heterocycles. The number of halogens is 2. The molecule has 0 saturated heterocycles. The third kappa shape index (κ3) is 5.83. The highest BCUT2D eigenvalue weighted by atomic mass is 19.3. The molecule has 1 amide bonds. The Labute approximate surface area is 303 Å². The van der Waals surface area contributed by atoms with E-state index in [4.69, 9.17) is 4.74 Å². The van der Waals surface area contributed by atoms with E-state index in [9.17, 15) is 33.1 Å². The number of Topliss-reactive ketones (excluding diaryl/α,β-unsaturated/α-hetero) is 1. The second-order valence-electron chi connectivity index (χ2n) is 20.1. The minimum absolute atomic E-state index is 0.00320. The third-order valence-corrected chi connectivity index (χ3v) is 16.3. The number of carbonyl (C=O) groups is 4. The number of carboxylic acid groups (broad SMARTS) is 1. The van der Waals surface area contributed by atoms with Gasteiger partial charge in [0.25, 0.3) is 0 Å². The van der Waals surface area contributed by atoms with E-state index in [1.165, 1.54) is 0 Å². The summed E-state index contributed by atoms with van der Waals surface area (Å²) >= 11 is 0. The number of carboxylic acids is 1. The topological polar surface area (TPSA) is 110 Å². The average molecular weight is 716 g/mol. The van der Waals surface area contributed by atoms with Crippen LogP contribution in [-0.4, -0.2) is 46.8 Å². The Morgan fingerprint density at radius 2 is 1.51 bits per heavy atom. The number of hydrogen-bond acceptors (Lipinski definition) is 5. The lowest BCUT2D eigenvalue weighted by Gasteiger charge is -2.72. The van der Waals surface area contributed by atoms with Crippen LogP contribution in [0.3, 0.4) is 0 Å². The smallest absolute Gasteiger partial charge is 0.309 e. The number of ether oxygens (including phenoxy) is 1. The largest absolute Gasteiger partial charge is 0.481 e. The fraction of sp³-hybridized carbons (Fsp3) is 0.857. The Bertz CT molecular complexity index is 1510. The normalized spacial score (nSPS) is 40.5. The molecule has 51 heavy (non-hydrogen) atoms. The monoisotopic (exact) mass is 715 g/mol. The Morgan fingerprint density at radius 1 is 0.863 bits per heavy atom. The van der Waals surface area contributed by atoms with Gasteiger partial charge in [0.05, 0.1) is 17.3 Å². The van der Waals surface area contributed by atoms with E-state index in [1.807, 2.05) is 0 Å². The zero-order valence-corrected chi connectivity index (χ0v) is 32.6. The molecular formula is C42H63F2NO6. The summed E-state index contributed by atoms with van der Waals surface area (Å²) in [4.78, 5) is 53.2. The molecule has 0 aliphatic heterocycles. The number of allylic oxidation sites excluding steroid dienone is 1. The number of carbonyl (C=O) groups excluding carboxylic acids is 3. The lowest BCUT2D eigenvalue weighted by atomic mass is 9.33. The SMILES string of the molecule is CC(C)C1=C2[C@H]3CC[C@@H]4[C@@]5(C)CC[C@H](OC(=O)CC(C)(C)C(=O)O)C(C)(C)[C@@H]5CC[C@@]4(C)[C@]3(C)CC[C@@]2(C(=O)NC2CCC(F)(F)CC2)CC1=O. The highest BCUT2D eigenvalue weighted by molar-refractivity contribution is 6.07. The summed E-state index contributed by atoms with van der Waals surface area (Å²) in [6.07, 6.45) is 6.84. The maximum Gasteiger partial charge on any atom is 0.309 e. The van der Waals surface area contributed by atoms with Crippen LogP contribution in [0.15, 0.2) is 11.1 Å². The maximum atomic E-state index is 14.5. The summed E-state index contributed by atoms with van der Waals surface area (Å²) in [5.74, 6) is -3.35. The summed E-state index contributed by atoms with van der Waals surface area (Å²) in [6, 6.07) is -0.288. The number of alkyl halides is 2. The van der Waals surface area contributed by atoms with Crippen LogP contribution < -0.4 is 5.32 Å². The number of fused-ring (bicyclic) bond motifs is 7. The summed E-state index contributed by atoms with van der Waals surface area (Å²) in [7, 11) is 0. The molecule has 9 heteroatoms. The fourth-order valence-corrected chi connectivity index (χ4v) is 13.2. The molecule has 8 atom stereocenters. The number of esters is 1. The van der Waals surface area contributed by atoms with E-state index in [-0.39, 0.29) is 95.9 Å². The van der Waals surface area contributed by atoms with Crippen molar-refractivity contribution in [2.75, 3.05) is 0 Å². The van der Waals surface area contributed by atoms with Crippen molar-refractivity contribution in [3.05, 3.63) is 11.1 Å². The average Bonchev–Trinajstić information content (AvgIpc) is 3.33. The quantitative estimate of drug-likeness (QED) is 0.255. The predicted molar refractivity (Wildman–Crippen MR) is 191 cm³/mol. The number of nitrogens with one attached hydrogen (secondary N) is 1. The maximum absolute atomic E-state index is 14.5. The minimum atomic E-state index is -2.67. The first kappa shape index (κ1) is 38.4. The lowest BCUT2D eigenvalue weighted by Crippen LogP contribution is -2.66. The van der Waals surface area contributed by atoms with Crippen molar-refractivity contribution in [1.29, 1.82) is 0 Å². The lowest BCUT2D eigenvalue weighted by molar-refractivity contribution is -0.233. The van der Waals surface area contributed by atoms with Crippen molar-refractivity contribution >= 4 is 23.6 Å². The number of amides is 1. The van der Waals surface area contributed by atoms with Crippen LogP contribution in [-0.2, 0) is 23.9 Å². The first-order valence-corrected chi connectivity index (χ1v) is 19.8. The van der Waals surface area contributed by atoms with Gasteiger partial charge >= 0.3 is 11.9 Å². The first-order valence-electron chi connectivity index (χ1n) is 19.8. The van der Waals surface area contributed by atoms with Crippen molar-refractivity contribution in [2.45, 2.75) is 170 Å². The van der Waals surface area contributed by atoms with Gasteiger partial charge < -0.3 is 15.2 Å². The number of rotatable bonds is 7. The van der Waals surface area contributed by atoms with Gasteiger partial charge in [0.1, 0.15) is 6.10 Å². The Morgan fingerprint density at radius 3 is 2.12 bits per heavy atom. The number of aliphatic carboxylic acids is 1. The zero-order chi connectivity index (χ0) is 37.7. The van der Waals surface area contributed by atoms with Crippen molar-refractivity contribution in [2.24, 2.45) is 56.2 Å². The summed E-state index contributed by atoms with van der Waals surface area (Å²) in [5, 5.41) is 12.8. The molecular weight excluding hydrogens is 652 g/mol. The van der Waals surface area contributed by atoms with Crippen LogP contribution in [0.25, 0.3) is 0 Å². The van der Waals surface area contributed by atoms with Crippen molar-refractivity contribution in [3.8, 4) is 0 Å². The van der Waals surface area contributed by atoms with Gasteiger partial charge in [-0.25, -0.2) is 8.78 Å². The molecule has 0 radical (unpaired) electrons. The van der Waals surface area contributed by atoms with Crippen LogP contribution in [0.5, 0.6) is 0 Å². The standard InChI is InChI=1S/C42H63F2NO6/c1-24(2)32-27(46)22-41(34(48)45-25-12-18-42(43,44)19-13-25)21-20-39(8)26(33(32)41)10-11-29-38(7)16-15-30(51-31(47)23-36(3,4)35(49)50)37(5,6)28(38)14-17-40(29,39)9/h24-26,28-30H,10-23H2,1-9H3,(H,45,48)(H,49,50)/t26-,28+,29-,30+,38+,39-,40-,41-/m1/s1. The van der Waals surface area contributed by atoms with E-state index < -0.39 is 28.7 Å². The van der Waals surface area contributed by atoms with E-state index in [0.717, 1.165) is 56.1 Å². The number of hydrogen-bond donors (Lipinski definition) is 2. The molecule has 5 fully saturated rings. The molecule has 2 N–H and O–H groups in total. The molecule has 7 nitrogen and oxygen atoms in total. The van der Waals surface area contributed by atoms with Gasteiger partial charge in [0, 0.05) is 30.7 Å². The molecule has 0 bridgehead atoms. The Balaban J connectivity index is 1.28. The van der Waals surface area contributed by atoms with E-state index in [0.29, 0.717) is 18.3 Å². The van der Waals surface area contributed by atoms with Crippen LogP contribution in [0, 0.1) is 56.2 Å². The van der Waals surface area contributed by atoms with E-state index >= 15 is 0 Å². The summed E-state index contributed by atoms with van der Waals surface area (Å²) < 4.78 is 34.1. The molecule has 0 unspecified atom stereocenters. The van der Waals surface area contributed by atoms with Crippen LogP contribution >= 0.6 is 0 Å². The highest BCUT2D eigenvalue weighted by Crippen LogP contribution is 2.76.